The van der Waals surface area contributed by atoms with Crippen molar-refractivity contribution in [2.45, 2.75) is 35.8 Å². The predicted molar refractivity (Wildman–Crippen MR) is 141 cm³/mol. The number of thioether (sulfide) groups is 1. The van der Waals surface area contributed by atoms with Gasteiger partial charge in [0, 0.05) is 75.0 Å². The molecule has 39 heavy (non-hydrogen) atoms. The molecule has 2 aromatic carbocycles. The van der Waals surface area contributed by atoms with Crippen molar-refractivity contribution in [1.29, 1.82) is 0 Å². The monoisotopic (exact) mass is 574 g/mol. The van der Waals surface area contributed by atoms with Crippen LogP contribution in [-0.2, 0) is 11.0 Å². The summed E-state index contributed by atoms with van der Waals surface area (Å²) in [5.74, 6) is 0.108. The van der Waals surface area contributed by atoms with Crippen molar-refractivity contribution in [3.8, 4) is 0 Å². The Bertz CT molecular complexity index is 1070. The zero-order chi connectivity index (χ0) is 28.0. The van der Waals surface area contributed by atoms with Crippen LogP contribution in [0.5, 0.6) is 0 Å². The van der Waals surface area contributed by atoms with E-state index in [9.17, 15) is 31.1 Å². The first-order valence-electron chi connectivity index (χ1n) is 13.0. The van der Waals surface area contributed by atoms with Crippen molar-refractivity contribution < 1.29 is 31.1 Å². The van der Waals surface area contributed by atoms with Gasteiger partial charge in [-0.15, -0.1) is 0 Å². The number of nitrogens with zero attached hydrogens (tertiary/aromatic N) is 4. The maximum Gasteiger partial charge on any atom is 0.446 e. The van der Waals surface area contributed by atoms with Crippen molar-refractivity contribution in [1.82, 2.24) is 9.80 Å². The lowest BCUT2D eigenvalue weighted by molar-refractivity contribution is -0.137. The van der Waals surface area contributed by atoms with Crippen LogP contribution < -0.4 is 9.80 Å². The lowest BCUT2D eigenvalue weighted by Gasteiger charge is -2.36. The molecule has 2 aromatic rings. The first-order valence-corrected chi connectivity index (χ1v) is 13.8. The van der Waals surface area contributed by atoms with Crippen LogP contribution in [0.3, 0.4) is 0 Å². The Morgan fingerprint density at radius 3 is 1.87 bits per heavy atom. The second-order valence-electron chi connectivity index (χ2n) is 9.74. The summed E-state index contributed by atoms with van der Waals surface area (Å²) in [6.07, 6.45) is -2.37. The Morgan fingerprint density at radius 2 is 1.28 bits per heavy atom. The van der Waals surface area contributed by atoms with E-state index in [4.69, 9.17) is 0 Å². The summed E-state index contributed by atoms with van der Waals surface area (Å²) in [5, 5.41) is 0. The minimum Gasteiger partial charge on any atom is -0.370 e. The van der Waals surface area contributed by atoms with Gasteiger partial charge in [-0.2, -0.15) is 26.3 Å². The highest BCUT2D eigenvalue weighted by Gasteiger charge is 2.31. The molecule has 4 rings (SSSR count). The number of piperazine rings is 1. The van der Waals surface area contributed by atoms with Gasteiger partial charge in [0.2, 0.25) is 5.91 Å². The lowest BCUT2D eigenvalue weighted by Crippen LogP contribution is -2.46. The molecule has 0 aliphatic carbocycles. The van der Waals surface area contributed by atoms with E-state index in [-0.39, 0.29) is 22.6 Å². The summed E-state index contributed by atoms with van der Waals surface area (Å²) in [6.45, 7) is 6.39. The standard InChI is InChI=1S/C27H32F6N4OS/c28-26(29,30)21-4-6-22(7-5-21)36-17-15-34(16-18-36)12-1-3-25(38)37-14-2-13-35(19-20-37)23-8-10-24(11-9-23)39-27(31,32)33/h4-11H,1-3,12-20H2. The fourth-order valence-electron chi connectivity index (χ4n) is 4.99. The fraction of sp³-hybridized carbons (Fsp3) is 0.519. The average molecular weight is 575 g/mol. The van der Waals surface area contributed by atoms with E-state index in [1.807, 2.05) is 4.90 Å². The predicted octanol–water partition coefficient (Wildman–Crippen LogP) is 5.96. The molecule has 0 N–H and O–H groups in total. The second-order valence-corrected chi connectivity index (χ2v) is 10.9. The average Bonchev–Trinajstić information content (AvgIpc) is 3.15. The number of anilines is 2. The van der Waals surface area contributed by atoms with Gasteiger partial charge >= 0.3 is 11.7 Å². The van der Waals surface area contributed by atoms with Gasteiger partial charge in [0.1, 0.15) is 0 Å². The number of halogens is 6. The topological polar surface area (TPSA) is 30.0 Å². The lowest BCUT2D eigenvalue weighted by atomic mass is 10.1. The molecule has 0 unspecified atom stereocenters. The third-order valence-electron chi connectivity index (χ3n) is 7.08. The minimum absolute atomic E-state index is 0.108. The van der Waals surface area contributed by atoms with Crippen molar-refractivity contribution in [2.24, 2.45) is 0 Å². The molecule has 214 valence electrons. The normalized spacial score (nSPS) is 17.8. The van der Waals surface area contributed by atoms with E-state index >= 15 is 0 Å². The molecule has 0 aromatic heterocycles. The minimum atomic E-state index is -4.34. The highest BCUT2D eigenvalue weighted by Crippen LogP contribution is 2.37. The number of hydrogen-bond donors (Lipinski definition) is 0. The van der Waals surface area contributed by atoms with Crippen LogP contribution in [0.1, 0.15) is 24.8 Å². The maximum absolute atomic E-state index is 12.8. The van der Waals surface area contributed by atoms with Crippen LogP contribution in [0, 0.1) is 0 Å². The van der Waals surface area contributed by atoms with Crippen molar-refractivity contribution in [2.75, 3.05) is 68.7 Å². The molecule has 0 spiro atoms. The van der Waals surface area contributed by atoms with Gasteiger partial charge < -0.3 is 14.7 Å². The number of hydrogen-bond acceptors (Lipinski definition) is 5. The molecule has 2 aliphatic heterocycles. The first kappa shape index (κ1) is 29.4. The summed E-state index contributed by atoms with van der Waals surface area (Å²) in [7, 11) is 0. The Morgan fingerprint density at radius 1 is 0.718 bits per heavy atom. The van der Waals surface area contributed by atoms with E-state index in [0.717, 1.165) is 75.6 Å². The molecule has 2 aliphatic rings. The van der Waals surface area contributed by atoms with Crippen molar-refractivity contribution in [3.63, 3.8) is 0 Å². The second kappa shape index (κ2) is 12.7. The number of benzene rings is 2. The zero-order valence-electron chi connectivity index (χ0n) is 21.5. The molecular formula is C27H32F6N4OS. The Balaban J connectivity index is 1.16. The SMILES string of the molecule is O=C(CCCN1CCN(c2ccc(C(F)(F)F)cc2)CC1)N1CCCN(c2ccc(SC(F)(F)F)cc2)CC1. The molecule has 2 heterocycles. The number of amides is 1. The maximum atomic E-state index is 12.8. The van der Waals surface area contributed by atoms with Crippen LogP contribution >= 0.6 is 11.8 Å². The molecular weight excluding hydrogens is 542 g/mol. The van der Waals surface area contributed by atoms with Crippen LogP contribution in [-0.4, -0.2) is 80.1 Å². The van der Waals surface area contributed by atoms with Gasteiger partial charge in [0.05, 0.1) is 5.56 Å². The van der Waals surface area contributed by atoms with E-state index in [2.05, 4.69) is 14.7 Å². The third kappa shape index (κ3) is 8.69. The van der Waals surface area contributed by atoms with E-state index < -0.39 is 17.2 Å². The Labute approximate surface area is 228 Å². The first-order chi connectivity index (χ1) is 18.5. The summed E-state index contributed by atoms with van der Waals surface area (Å²) in [6, 6.07) is 11.6. The summed E-state index contributed by atoms with van der Waals surface area (Å²) in [4.78, 5) is 21.3. The third-order valence-corrected chi connectivity index (χ3v) is 7.82. The van der Waals surface area contributed by atoms with Gasteiger partial charge in [-0.25, -0.2) is 0 Å². The van der Waals surface area contributed by atoms with Gasteiger partial charge in [-0.05, 0) is 79.7 Å². The highest BCUT2D eigenvalue weighted by molar-refractivity contribution is 8.00. The van der Waals surface area contributed by atoms with Gasteiger partial charge in [-0.3, -0.25) is 9.69 Å². The Kier molecular flexibility index (Phi) is 9.58. The molecule has 2 saturated heterocycles. The molecule has 5 nitrogen and oxygen atoms in total. The van der Waals surface area contributed by atoms with E-state index in [0.29, 0.717) is 26.1 Å². The molecule has 1 amide bonds. The quantitative estimate of drug-likeness (QED) is 0.301. The van der Waals surface area contributed by atoms with Gasteiger partial charge in [0.25, 0.3) is 0 Å². The van der Waals surface area contributed by atoms with Crippen LogP contribution in [0.15, 0.2) is 53.4 Å². The van der Waals surface area contributed by atoms with E-state index in [1.54, 1.807) is 12.1 Å². The molecule has 12 heteroatoms. The molecule has 0 atom stereocenters. The highest BCUT2D eigenvalue weighted by atomic mass is 32.2. The molecule has 0 radical (unpaired) electrons. The van der Waals surface area contributed by atoms with E-state index in [1.165, 1.54) is 24.3 Å². The van der Waals surface area contributed by atoms with Crippen molar-refractivity contribution in [3.05, 3.63) is 54.1 Å². The number of rotatable bonds is 7. The van der Waals surface area contributed by atoms with Crippen LogP contribution in [0.2, 0.25) is 0 Å². The fourth-order valence-corrected chi connectivity index (χ4v) is 5.53. The van der Waals surface area contributed by atoms with Gasteiger partial charge in [-0.1, -0.05) is 0 Å². The van der Waals surface area contributed by atoms with Crippen LogP contribution in [0.25, 0.3) is 0 Å². The van der Waals surface area contributed by atoms with Gasteiger partial charge in [0.15, 0.2) is 0 Å². The molecule has 2 fully saturated rings. The van der Waals surface area contributed by atoms with Crippen molar-refractivity contribution >= 4 is 29.0 Å². The molecule has 0 saturated carbocycles. The number of carbonyl (C=O) groups is 1. The molecule has 0 bridgehead atoms. The summed E-state index contributed by atoms with van der Waals surface area (Å²) >= 11 is -0.129. The number of alkyl halides is 6. The number of carbonyl (C=O) groups excluding carboxylic acids is 1. The Hall–Kier alpha value is -2.60. The summed E-state index contributed by atoms with van der Waals surface area (Å²) in [5.41, 5.74) is -3.32. The smallest absolute Gasteiger partial charge is 0.370 e. The zero-order valence-corrected chi connectivity index (χ0v) is 22.3. The van der Waals surface area contributed by atoms with Crippen LogP contribution in [0.4, 0.5) is 37.7 Å². The largest absolute Gasteiger partial charge is 0.446 e. The summed E-state index contributed by atoms with van der Waals surface area (Å²) < 4.78 is 76.1.